The van der Waals surface area contributed by atoms with Gasteiger partial charge >= 0.3 is 0 Å². The van der Waals surface area contributed by atoms with Crippen molar-refractivity contribution in [3.05, 3.63) is 0 Å². The summed E-state index contributed by atoms with van der Waals surface area (Å²) < 4.78 is 22.4. The Kier molecular flexibility index (Phi) is 2.03. The van der Waals surface area contributed by atoms with Crippen molar-refractivity contribution in [1.82, 2.24) is 0 Å². The van der Waals surface area contributed by atoms with Crippen molar-refractivity contribution in [3.8, 4) is 0 Å². The van der Waals surface area contributed by atoms with Crippen LogP contribution >= 0.6 is 0 Å². The van der Waals surface area contributed by atoms with Gasteiger partial charge in [-0.1, -0.05) is 13.3 Å². The minimum atomic E-state index is -2.79. The number of sulfone groups is 1. The van der Waals surface area contributed by atoms with Gasteiger partial charge in [0.05, 0.1) is 10.5 Å². The number of hydrogen-bond donors (Lipinski definition) is 0. The molecule has 0 aromatic carbocycles. The highest BCUT2D eigenvalue weighted by molar-refractivity contribution is 7.93. The van der Waals surface area contributed by atoms with E-state index >= 15 is 0 Å². The summed E-state index contributed by atoms with van der Waals surface area (Å²) in [7, 11) is -2.79. The molecule has 0 radical (unpaired) electrons. The zero-order valence-electron chi connectivity index (χ0n) is 7.42. The Morgan fingerprint density at radius 3 is 2.18 bits per heavy atom. The molecule has 1 rings (SSSR count). The third kappa shape index (κ3) is 1.43. The van der Waals surface area contributed by atoms with Crippen LogP contribution in [-0.2, 0) is 9.84 Å². The summed E-state index contributed by atoms with van der Waals surface area (Å²) in [5.41, 5.74) is 0. The highest BCUT2D eigenvalue weighted by Crippen LogP contribution is 2.36. The molecule has 1 saturated heterocycles. The lowest BCUT2D eigenvalue weighted by molar-refractivity contribution is 0.487. The molecule has 0 amide bonds. The number of rotatable bonds is 1. The standard InChI is InChI=1S/C8H16O2S/c1-4-7-5-8(2,3)11(9,10)6-7/h7H,4-6H2,1-3H3. The summed E-state index contributed by atoms with van der Waals surface area (Å²) in [5.74, 6) is 0.797. The van der Waals surface area contributed by atoms with E-state index in [9.17, 15) is 8.42 Å². The maximum Gasteiger partial charge on any atom is 0.155 e. The monoisotopic (exact) mass is 176 g/mol. The quantitative estimate of drug-likeness (QED) is 0.608. The molecular weight excluding hydrogens is 160 g/mol. The van der Waals surface area contributed by atoms with E-state index in [4.69, 9.17) is 0 Å². The van der Waals surface area contributed by atoms with Gasteiger partial charge in [0.2, 0.25) is 0 Å². The summed E-state index contributed by atoms with van der Waals surface area (Å²) in [6, 6.07) is 0. The normalized spacial score (nSPS) is 33.9. The highest BCUT2D eigenvalue weighted by Gasteiger charge is 2.43. The van der Waals surface area contributed by atoms with Gasteiger partial charge in [-0.05, 0) is 26.2 Å². The molecule has 1 aliphatic heterocycles. The van der Waals surface area contributed by atoms with Crippen molar-refractivity contribution >= 4 is 9.84 Å². The van der Waals surface area contributed by atoms with Gasteiger partial charge < -0.3 is 0 Å². The molecule has 1 fully saturated rings. The summed E-state index contributed by atoms with van der Waals surface area (Å²) in [6.45, 7) is 5.72. The van der Waals surface area contributed by atoms with Gasteiger partial charge in [-0.15, -0.1) is 0 Å². The topological polar surface area (TPSA) is 34.1 Å². The Morgan fingerprint density at radius 2 is 2.00 bits per heavy atom. The van der Waals surface area contributed by atoms with Crippen molar-refractivity contribution in [2.75, 3.05) is 5.75 Å². The van der Waals surface area contributed by atoms with Crippen LogP contribution in [0.1, 0.15) is 33.6 Å². The van der Waals surface area contributed by atoms with E-state index in [0.717, 1.165) is 12.8 Å². The zero-order valence-corrected chi connectivity index (χ0v) is 8.24. The van der Waals surface area contributed by atoms with Crippen LogP contribution in [0, 0.1) is 5.92 Å². The van der Waals surface area contributed by atoms with Crippen LogP contribution in [0.4, 0.5) is 0 Å². The van der Waals surface area contributed by atoms with Crippen LogP contribution in [0.2, 0.25) is 0 Å². The largest absolute Gasteiger partial charge is 0.228 e. The maximum absolute atomic E-state index is 11.5. The predicted molar refractivity (Wildman–Crippen MR) is 46.3 cm³/mol. The molecule has 0 bridgehead atoms. The van der Waals surface area contributed by atoms with Crippen molar-refractivity contribution in [2.24, 2.45) is 5.92 Å². The first-order valence-corrected chi connectivity index (χ1v) is 5.76. The second-order valence-corrected chi connectivity index (χ2v) is 6.69. The molecule has 1 unspecified atom stereocenters. The predicted octanol–water partition coefficient (Wildman–Crippen LogP) is 1.61. The fraction of sp³-hybridized carbons (Fsp3) is 1.00. The first kappa shape index (κ1) is 9.04. The van der Waals surface area contributed by atoms with Crippen LogP contribution in [0.15, 0.2) is 0 Å². The molecule has 0 aromatic rings. The third-order valence-electron chi connectivity index (χ3n) is 2.65. The Balaban J connectivity index is 2.89. The average molecular weight is 176 g/mol. The molecule has 2 nitrogen and oxygen atoms in total. The molecule has 1 aliphatic rings. The smallest absolute Gasteiger partial charge is 0.155 e. The fourth-order valence-corrected chi connectivity index (χ4v) is 3.59. The van der Waals surface area contributed by atoms with Gasteiger partial charge in [-0.2, -0.15) is 0 Å². The van der Waals surface area contributed by atoms with E-state index in [1.54, 1.807) is 0 Å². The zero-order chi connectivity index (χ0) is 8.70. The molecule has 66 valence electrons. The molecule has 0 N–H and O–H groups in total. The van der Waals surface area contributed by atoms with E-state index in [0.29, 0.717) is 11.7 Å². The SMILES string of the molecule is CCC1CC(C)(C)S(=O)(=O)C1. The molecule has 1 atom stereocenters. The summed E-state index contributed by atoms with van der Waals surface area (Å²) in [5, 5.41) is 0. The van der Waals surface area contributed by atoms with Gasteiger partial charge in [-0.25, -0.2) is 8.42 Å². The van der Waals surface area contributed by atoms with Crippen molar-refractivity contribution in [3.63, 3.8) is 0 Å². The average Bonchev–Trinajstić information content (AvgIpc) is 2.03. The lowest BCUT2D eigenvalue weighted by Crippen LogP contribution is -2.26. The Hall–Kier alpha value is -0.0500. The van der Waals surface area contributed by atoms with Gasteiger partial charge in [0.15, 0.2) is 9.84 Å². The van der Waals surface area contributed by atoms with Crippen molar-refractivity contribution < 1.29 is 8.42 Å². The molecule has 0 aromatic heterocycles. The van der Waals surface area contributed by atoms with E-state index in [1.165, 1.54) is 0 Å². The van der Waals surface area contributed by atoms with Gasteiger partial charge in [-0.3, -0.25) is 0 Å². The Morgan fingerprint density at radius 1 is 1.45 bits per heavy atom. The van der Waals surface area contributed by atoms with Crippen LogP contribution in [0.3, 0.4) is 0 Å². The first-order valence-electron chi connectivity index (χ1n) is 4.11. The first-order chi connectivity index (χ1) is 4.89. The maximum atomic E-state index is 11.5. The van der Waals surface area contributed by atoms with Gasteiger partial charge in [0.1, 0.15) is 0 Å². The van der Waals surface area contributed by atoms with Crippen LogP contribution in [0.25, 0.3) is 0 Å². The minimum Gasteiger partial charge on any atom is -0.228 e. The van der Waals surface area contributed by atoms with Gasteiger partial charge in [0.25, 0.3) is 0 Å². The lowest BCUT2D eigenvalue weighted by atomic mass is 9.97. The molecular formula is C8H16O2S. The van der Waals surface area contributed by atoms with Crippen molar-refractivity contribution in [1.29, 1.82) is 0 Å². The molecule has 11 heavy (non-hydrogen) atoms. The molecule has 0 saturated carbocycles. The second kappa shape index (κ2) is 2.47. The van der Waals surface area contributed by atoms with Gasteiger partial charge in [0, 0.05) is 0 Å². The molecule has 3 heteroatoms. The fourth-order valence-electron chi connectivity index (χ4n) is 1.68. The summed E-state index contributed by atoms with van der Waals surface area (Å²) in [4.78, 5) is 0. The lowest BCUT2D eigenvalue weighted by Gasteiger charge is -2.15. The van der Waals surface area contributed by atoms with E-state index in [2.05, 4.69) is 6.92 Å². The van der Waals surface area contributed by atoms with Crippen LogP contribution in [0.5, 0.6) is 0 Å². The van der Waals surface area contributed by atoms with E-state index in [1.807, 2.05) is 13.8 Å². The molecule has 0 spiro atoms. The highest BCUT2D eigenvalue weighted by atomic mass is 32.2. The Bertz CT molecular complexity index is 239. The van der Waals surface area contributed by atoms with Crippen molar-refractivity contribution in [2.45, 2.75) is 38.4 Å². The molecule has 0 aliphatic carbocycles. The van der Waals surface area contributed by atoms with E-state index < -0.39 is 14.6 Å². The second-order valence-electron chi connectivity index (χ2n) is 4.02. The third-order valence-corrected chi connectivity index (χ3v) is 5.42. The molecule has 1 heterocycles. The van der Waals surface area contributed by atoms with Crippen LogP contribution in [-0.4, -0.2) is 18.9 Å². The van der Waals surface area contributed by atoms with E-state index in [-0.39, 0.29) is 0 Å². The Labute approximate surface area is 68.9 Å². The van der Waals surface area contributed by atoms with Crippen LogP contribution < -0.4 is 0 Å². The number of hydrogen-bond acceptors (Lipinski definition) is 2. The summed E-state index contributed by atoms with van der Waals surface area (Å²) >= 11 is 0. The summed E-state index contributed by atoms with van der Waals surface area (Å²) in [6.07, 6.45) is 1.83. The minimum absolute atomic E-state index is 0.398.